The Bertz CT molecular complexity index is 788. The van der Waals surface area contributed by atoms with Crippen molar-refractivity contribution in [3.8, 4) is 17.3 Å². The van der Waals surface area contributed by atoms with Gasteiger partial charge in [0.25, 0.3) is 5.56 Å². The highest BCUT2D eigenvalue weighted by molar-refractivity contribution is 5.75. The Balaban J connectivity index is 2.22. The van der Waals surface area contributed by atoms with Crippen LogP contribution in [0.4, 0.5) is 0 Å². The summed E-state index contributed by atoms with van der Waals surface area (Å²) >= 11 is 0. The van der Waals surface area contributed by atoms with Gasteiger partial charge in [-0.1, -0.05) is 0 Å². The summed E-state index contributed by atoms with van der Waals surface area (Å²) in [4.78, 5) is 26.7. The van der Waals surface area contributed by atoms with Gasteiger partial charge in [-0.05, 0) is 6.07 Å². The monoisotopic (exact) mass is 257 g/mol. The van der Waals surface area contributed by atoms with E-state index in [1.807, 2.05) is 6.07 Å². The minimum absolute atomic E-state index is 0.256. The van der Waals surface area contributed by atoms with Crippen LogP contribution in [0.2, 0.25) is 0 Å². The second kappa shape index (κ2) is 4.20. The number of aromatic nitrogens is 5. The fourth-order valence-electron chi connectivity index (χ4n) is 1.90. The summed E-state index contributed by atoms with van der Waals surface area (Å²) < 4.78 is 6.77. The molecule has 3 aromatic heterocycles. The van der Waals surface area contributed by atoms with Gasteiger partial charge in [0.2, 0.25) is 5.88 Å². The van der Waals surface area contributed by atoms with Crippen molar-refractivity contribution in [2.75, 3.05) is 7.11 Å². The van der Waals surface area contributed by atoms with Gasteiger partial charge in [0.1, 0.15) is 5.82 Å². The van der Waals surface area contributed by atoms with Gasteiger partial charge in [0, 0.05) is 24.9 Å². The molecule has 0 atom stereocenters. The molecule has 7 nitrogen and oxygen atoms in total. The van der Waals surface area contributed by atoms with E-state index in [-0.39, 0.29) is 5.56 Å². The van der Waals surface area contributed by atoms with Gasteiger partial charge in [-0.25, -0.2) is 15.0 Å². The summed E-state index contributed by atoms with van der Waals surface area (Å²) in [5.74, 6) is 1.16. The molecule has 0 aliphatic rings. The fraction of sp³-hybridized carbons (Fsp3) is 0.167. The lowest BCUT2D eigenvalue weighted by molar-refractivity contribution is 0.398. The minimum Gasteiger partial charge on any atom is -0.481 e. The summed E-state index contributed by atoms with van der Waals surface area (Å²) in [6.45, 7) is 0. The standard InChI is InChI=1S/C12H11N5O2/c1-17-10(7-3-4-8(19-2)13-5-7)16-9-11(17)14-6-15-12(9)18/h3-6H,1-2H3,(H,14,15,18). The van der Waals surface area contributed by atoms with Gasteiger partial charge in [-0.15, -0.1) is 0 Å². The molecule has 7 heteroatoms. The Kier molecular flexibility index (Phi) is 2.52. The number of hydrogen-bond donors (Lipinski definition) is 1. The topological polar surface area (TPSA) is 85.7 Å². The molecule has 0 aliphatic carbocycles. The van der Waals surface area contributed by atoms with E-state index >= 15 is 0 Å². The zero-order valence-electron chi connectivity index (χ0n) is 10.4. The van der Waals surface area contributed by atoms with Crippen LogP contribution in [0.1, 0.15) is 0 Å². The zero-order valence-corrected chi connectivity index (χ0v) is 10.4. The van der Waals surface area contributed by atoms with E-state index in [2.05, 4.69) is 19.9 Å². The van der Waals surface area contributed by atoms with E-state index in [0.29, 0.717) is 22.9 Å². The summed E-state index contributed by atoms with van der Waals surface area (Å²) in [6, 6.07) is 3.58. The van der Waals surface area contributed by atoms with Crippen molar-refractivity contribution in [2.45, 2.75) is 0 Å². The minimum atomic E-state index is -0.256. The fourth-order valence-corrected chi connectivity index (χ4v) is 1.90. The largest absolute Gasteiger partial charge is 0.481 e. The molecule has 3 heterocycles. The third-order valence-electron chi connectivity index (χ3n) is 2.87. The van der Waals surface area contributed by atoms with Crippen LogP contribution < -0.4 is 10.3 Å². The predicted octanol–water partition coefficient (Wildman–Crippen LogP) is 0.727. The number of H-pyrrole nitrogens is 1. The van der Waals surface area contributed by atoms with Gasteiger partial charge in [-0.2, -0.15) is 0 Å². The van der Waals surface area contributed by atoms with Crippen molar-refractivity contribution in [1.82, 2.24) is 24.5 Å². The number of nitrogens with one attached hydrogen (secondary N) is 1. The molecular formula is C12H11N5O2. The van der Waals surface area contributed by atoms with E-state index in [1.165, 1.54) is 6.33 Å². The number of imidazole rings is 1. The number of nitrogens with zero attached hydrogens (tertiary/aromatic N) is 4. The molecule has 19 heavy (non-hydrogen) atoms. The van der Waals surface area contributed by atoms with Gasteiger partial charge in [-0.3, -0.25) is 4.79 Å². The van der Waals surface area contributed by atoms with E-state index in [0.717, 1.165) is 5.56 Å². The number of aromatic amines is 1. The molecule has 0 radical (unpaired) electrons. The normalized spacial score (nSPS) is 10.8. The first-order valence-corrected chi connectivity index (χ1v) is 5.61. The molecule has 0 bridgehead atoms. The Morgan fingerprint density at radius 2 is 2.16 bits per heavy atom. The number of pyridine rings is 1. The first kappa shape index (κ1) is 11.4. The molecule has 3 rings (SSSR count). The molecule has 1 N–H and O–H groups in total. The highest BCUT2D eigenvalue weighted by Crippen LogP contribution is 2.21. The van der Waals surface area contributed by atoms with E-state index in [4.69, 9.17) is 4.74 Å². The first-order chi connectivity index (χ1) is 9.20. The number of ether oxygens (including phenoxy) is 1. The molecule has 0 aromatic carbocycles. The number of hydrogen-bond acceptors (Lipinski definition) is 5. The summed E-state index contributed by atoms with van der Waals surface area (Å²) in [7, 11) is 3.36. The van der Waals surface area contributed by atoms with Gasteiger partial charge >= 0.3 is 0 Å². The van der Waals surface area contributed by atoms with E-state index in [1.54, 1.807) is 31.0 Å². The molecule has 96 valence electrons. The van der Waals surface area contributed by atoms with Crippen molar-refractivity contribution in [3.63, 3.8) is 0 Å². The van der Waals surface area contributed by atoms with Crippen LogP contribution in [-0.4, -0.2) is 31.6 Å². The SMILES string of the molecule is COc1ccc(-c2nc3c(=O)[nH]cnc3n2C)cn1. The molecule has 0 fully saturated rings. The molecule has 3 aromatic rings. The third kappa shape index (κ3) is 1.75. The molecule has 0 unspecified atom stereocenters. The van der Waals surface area contributed by atoms with Crippen molar-refractivity contribution in [2.24, 2.45) is 7.05 Å². The van der Waals surface area contributed by atoms with Crippen LogP contribution in [0.15, 0.2) is 29.5 Å². The van der Waals surface area contributed by atoms with Crippen LogP contribution in [-0.2, 0) is 7.05 Å². The molecule has 0 amide bonds. The van der Waals surface area contributed by atoms with Gasteiger partial charge < -0.3 is 14.3 Å². The Morgan fingerprint density at radius 3 is 2.79 bits per heavy atom. The quantitative estimate of drug-likeness (QED) is 0.731. The Morgan fingerprint density at radius 1 is 1.32 bits per heavy atom. The first-order valence-electron chi connectivity index (χ1n) is 5.61. The number of fused-ring (bicyclic) bond motifs is 1. The maximum absolute atomic E-state index is 11.7. The maximum Gasteiger partial charge on any atom is 0.278 e. The molecular weight excluding hydrogens is 246 g/mol. The van der Waals surface area contributed by atoms with Crippen LogP contribution in [0.5, 0.6) is 5.88 Å². The lowest BCUT2D eigenvalue weighted by Gasteiger charge is -2.02. The Hall–Kier alpha value is -2.70. The van der Waals surface area contributed by atoms with E-state index < -0.39 is 0 Å². The van der Waals surface area contributed by atoms with Crippen LogP contribution in [0.3, 0.4) is 0 Å². The Labute approximate surface area is 107 Å². The lowest BCUT2D eigenvalue weighted by atomic mass is 10.3. The number of rotatable bonds is 2. The molecule has 0 spiro atoms. The second-order valence-corrected chi connectivity index (χ2v) is 3.99. The van der Waals surface area contributed by atoms with Crippen LogP contribution in [0, 0.1) is 0 Å². The average Bonchev–Trinajstić information content (AvgIpc) is 2.78. The smallest absolute Gasteiger partial charge is 0.278 e. The highest BCUT2D eigenvalue weighted by Gasteiger charge is 2.13. The van der Waals surface area contributed by atoms with Gasteiger partial charge in [0.05, 0.1) is 13.4 Å². The summed E-state index contributed by atoms with van der Waals surface area (Å²) in [5, 5.41) is 0. The van der Waals surface area contributed by atoms with Crippen LogP contribution >= 0.6 is 0 Å². The molecule has 0 aliphatic heterocycles. The van der Waals surface area contributed by atoms with Gasteiger partial charge in [0.15, 0.2) is 11.2 Å². The van der Waals surface area contributed by atoms with E-state index in [9.17, 15) is 4.79 Å². The highest BCUT2D eigenvalue weighted by atomic mass is 16.5. The summed E-state index contributed by atoms with van der Waals surface area (Å²) in [5.41, 5.74) is 1.39. The third-order valence-corrected chi connectivity index (χ3v) is 2.87. The predicted molar refractivity (Wildman–Crippen MR) is 68.9 cm³/mol. The molecule has 0 saturated carbocycles. The molecule has 0 saturated heterocycles. The maximum atomic E-state index is 11.7. The number of aryl methyl sites for hydroxylation is 1. The zero-order chi connectivity index (χ0) is 13.4. The average molecular weight is 257 g/mol. The summed E-state index contributed by atoms with van der Waals surface area (Å²) in [6.07, 6.45) is 3.01. The lowest BCUT2D eigenvalue weighted by Crippen LogP contribution is -2.06. The van der Waals surface area contributed by atoms with Crippen LogP contribution in [0.25, 0.3) is 22.6 Å². The number of methoxy groups -OCH3 is 1. The van der Waals surface area contributed by atoms with Crippen molar-refractivity contribution >= 4 is 11.2 Å². The van der Waals surface area contributed by atoms with Crippen molar-refractivity contribution in [3.05, 3.63) is 35.0 Å². The second-order valence-electron chi connectivity index (χ2n) is 3.99. The van der Waals surface area contributed by atoms with Crippen molar-refractivity contribution < 1.29 is 4.74 Å². The van der Waals surface area contributed by atoms with Crippen molar-refractivity contribution in [1.29, 1.82) is 0 Å².